The maximum atomic E-state index is 11.9. The van der Waals surface area contributed by atoms with Crippen LogP contribution in [-0.4, -0.2) is 16.7 Å². The minimum Gasteiger partial charge on any atom is -0.330 e. The van der Waals surface area contributed by atoms with Crippen molar-refractivity contribution in [2.75, 3.05) is 6.54 Å². The van der Waals surface area contributed by atoms with E-state index in [1.54, 1.807) is 0 Å². The van der Waals surface area contributed by atoms with Gasteiger partial charge < -0.3 is 5.73 Å². The molecular weight excluding hydrogens is 208 g/mol. The van der Waals surface area contributed by atoms with Crippen LogP contribution in [-0.2, 0) is 12.8 Å². The summed E-state index contributed by atoms with van der Waals surface area (Å²) < 4.78 is 4.35. The molecule has 4 heteroatoms. The molecule has 2 rings (SSSR count). The third kappa shape index (κ3) is 1.96. The summed E-state index contributed by atoms with van der Waals surface area (Å²) in [5, 5.41) is 0. The van der Waals surface area contributed by atoms with Gasteiger partial charge in [-0.25, -0.2) is 0 Å². The van der Waals surface area contributed by atoms with Crippen LogP contribution in [0.25, 0.3) is 0 Å². The first-order valence-electron chi connectivity index (χ1n) is 5.47. The quantitative estimate of drug-likeness (QED) is 0.851. The van der Waals surface area contributed by atoms with Crippen LogP contribution >= 0.6 is 11.5 Å². The highest BCUT2D eigenvalue weighted by atomic mass is 32.1. The first-order chi connectivity index (χ1) is 7.26. The molecule has 1 aliphatic carbocycles. The van der Waals surface area contributed by atoms with Crippen molar-refractivity contribution >= 4 is 17.3 Å². The van der Waals surface area contributed by atoms with Crippen molar-refractivity contribution in [1.82, 2.24) is 4.37 Å². The number of carbonyl (C=O) groups is 1. The lowest BCUT2D eigenvalue weighted by Crippen LogP contribution is -2.21. The number of hydrogen-bond acceptors (Lipinski definition) is 4. The lowest BCUT2D eigenvalue weighted by Gasteiger charge is -2.20. The summed E-state index contributed by atoms with van der Waals surface area (Å²) in [6.45, 7) is 2.72. The molecule has 1 unspecified atom stereocenters. The van der Waals surface area contributed by atoms with Crippen LogP contribution in [0.2, 0.25) is 0 Å². The molecule has 3 nitrogen and oxygen atoms in total. The first kappa shape index (κ1) is 10.8. The maximum absolute atomic E-state index is 11.9. The van der Waals surface area contributed by atoms with E-state index < -0.39 is 0 Å². The molecule has 0 spiro atoms. The number of carbonyl (C=O) groups excluding carboxylic acids is 1. The number of nitrogens with two attached hydrogens (primary N) is 1. The standard InChI is InChI=1S/C11H16N2OS/c1-2-8-11-9(14)5-7(3-4-12)6-10(11)15-13-8/h7H,2-6,12H2,1H3. The molecule has 1 heterocycles. The van der Waals surface area contributed by atoms with Crippen LogP contribution < -0.4 is 5.73 Å². The second-order valence-electron chi connectivity index (χ2n) is 4.06. The number of Topliss-reactive ketones (excluding diaryl/α,β-unsaturated/α-hetero) is 1. The van der Waals surface area contributed by atoms with E-state index in [0.29, 0.717) is 18.9 Å². The molecule has 0 bridgehead atoms. The molecule has 0 saturated heterocycles. The number of nitrogens with zero attached hydrogens (tertiary/aromatic N) is 1. The lowest BCUT2D eigenvalue weighted by atomic mass is 9.85. The summed E-state index contributed by atoms with van der Waals surface area (Å²) in [4.78, 5) is 13.1. The van der Waals surface area contributed by atoms with Crippen LogP contribution in [0.15, 0.2) is 0 Å². The molecule has 0 aromatic carbocycles. The van der Waals surface area contributed by atoms with Crippen molar-refractivity contribution < 1.29 is 4.79 Å². The molecular formula is C11H16N2OS. The van der Waals surface area contributed by atoms with Gasteiger partial charge in [0.25, 0.3) is 0 Å². The average molecular weight is 224 g/mol. The van der Waals surface area contributed by atoms with Crippen LogP contribution in [0, 0.1) is 5.92 Å². The van der Waals surface area contributed by atoms with E-state index in [1.807, 2.05) is 0 Å². The van der Waals surface area contributed by atoms with E-state index in [0.717, 1.165) is 30.5 Å². The monoisotopic (exact) mass is 224 g/mol. The topological polar surface area (TPSA) is 56.0 Å². The Morgan fingerprint density at radius 1 is 1.53 bits per heavy atom. The summed E-state index contributed by atoms with van der Waals surface area (Å²) in [7, 11) is 0. The Bertz CT molecular complexity index is 373. The number of hydrogen-bond donors (Lipinski definition) is 1. The third-order valence-electron chi connectivity index (χ3n) is 2.97. The van der Waals surface area contributed by atoms with E-state index >= 15 is 0 Å². The molecule has 15 heavy (non-hydrogen) atoms. The molecule has 0 fully saturated rings. The fraction of sp³-hybridized carbons (Fsp3) is 0.636. The van der Waals surface area contributed by atoms with Crippen molar-refractivity contribution in [3.63, 3.8) is 0 Å². The molecule has 0 amide bonds. The lowest BCUT2D eigenvalue weighted by molar-refractivity contribution is 0.0947. The molecule has 0 radical (unpaired) electrons. The molecule has 1 atom stereocenters. The van der Waals surface area contributed by atoms with Gasteiger partial charge in [0.05, 0.1) is 11.3 Å². The fourth-order valence-corrected chi connectivity index (χ4v) is 3.27. The largest absolute Gasteiger partial charge is 0.330 e. The molecule has 0 saturated carbocycles. The van der Waals surface area contributed by atoms with Crippen molar-refractivity contribution in [2.24, 2.45) is 11.7 Å². The predicted octanol–water partition coefficient (Wildman–Crippen LogP) is 1.80. The second kappa shape index (κ2) is 4.41. The smallest absolute Gasteiger partial charge is 0.166 e. The van der Waals surface area contributed by atoms with E-state index in [-0.39, 0.29) is 5.78 Å². The number of aryl methyl sites for hydroxylation is 1. The maximum Gasteiger partial charge on any atom is 0.166 e. The van der Waals surface area contributed by atoms with Gasteiger partial charge in [-0.1, -0.05) is 6.92 Å². The van der Waals surface area contributed by atoms with Gasteiger partial charge in [-0.3, -0.25) is 4.79 Å². The summed E-state index contributed by atoms with van der Waals surface area (Å²) in [5.74, 6) is 0.723. The Morgan fingerprint density at radius 3 is 3.00 bits per heavy atom. The molecule has 82 valence electrons. The van der Waals surface area contributed by atoms with E-state index in [1.165, 1.54) is 16.4 Å². The van der Waals surface area contributed by atoms with Gasteiger partial charge >= 0.3 is 0 Å². The van der Waals surface area contributed by atoms with Gasteiger partial charge in [-0.2, -0.15) is 4.37 Å². The molecule has 1 aromatic rings. The van der Waals surface area contributed by atoms with Gasteiger partial charge in [0.1, 0.15) is 0 Å². The van der Waals surface area contributed by atoms with Crippen LogP contribution in [0.3, 0.4) is 0 Å². The number of ketones is 1. The molecule has 0 aliphatic heterocycles. The van der Waals surface area contributed by atoms with Crippen LogP contribution in [0.5, 0.6) is 0 Å². The fourth-order valence-electron chi connectivity index (χ4n) is 2.20. The minimum atomic E-state index is 0.278. The number of fused-ring (bicyclic) bond motifs is 1. The summed E-state index contributed by atoms with van der Waals surface area (Å²) in [5.41, 5.74) is 7.45. The van der Waals surface area contributed by atoms with Gasteiger partial charge in [0, 0.05) is 11.3 Å². The first-order valence-corrected chi connectivity index (χ1v) is 6.24. The van der Waals surface area contributed by atoms with E-state index in [9.17, 15) is 4.79 Å². The normalized spacial score (nSPS) is 20.4. The average Bonchev–Trinajstić information content (AvgIpc) is 2.61. The van der Waals surface area contributed by atoms with Gasteiger partial charge in [-0.15, -0.1) is 0 Å². The zero-order valence-electron chi connectivity index (χ0n) is 8.95. The highest BCUT2D eigenvalue weighted by Crippen LogP contribution is 2.32. The third-order valence-corrected chi connectivity index (χ3v) is 3.87. The Labute approximate surface area is 93.8 Å². The number of rotatable bonds is 3. The highest BCUT2D eigenvalue weighted by molar-refractivity contribution is 7.06. The molecule has 2 N–H and O–H groups in total. The van der Waals surface area contributed by atoms with Gasteiger partial charge in [-0.05, 0) is 43.3 Å². The highest BCUT2D eigenvalue weighted by Gasteiger charge is 2.28. The zero-order chi connectivity index (χ0) is 10.8. The second-order valence-corrected chi connectivity index (χ2v) is 4.91. The minimum absolute atomic E-state index is 0.278. The Balaban J connectivity index is 2.26. The van der Waals surface area contributed by atoms with E-state index in [2.05, 4.69) is 11.3 Å². The molecule has 1 aliphatic rings. The number of aromatic nitrogens is 1. The van der Waals surface area contributed by atoms with Crippen LogP contribution in [0.4, 0.5) is 0 Å². The van der Waals surface area contributed by atoms with Crippen molar-refractivity contribution in [3.8, 4) is 0 Å². The Kier molecular flexibility index (Phi) is 3.17. The summed E-state index contributed by atoms with van der Waals surface area (Å²) in [6.07, 6.45) is 3.47. The summed E-state index contributed by atoms with van der Waals surface area (Å²) in [6, 6.07) is 0. The Hall–Kier alpha value is -0.740. The molecule has 1 aromatic heterocycles. The Morgan fingerprint density at radius 2 is 2.33 bits per heavy atom. The van der Waals surface area contributed by atoms with E-state index in [4.69, 9.17) is 5.73 Å². The summed E-state index contributed by atoms with van der Waals surface area (Å²) >= 11 is 1.50. The van der Waals surface area contributed by atoms with Crippen LogP contribution in [0.1, 0.15) is 40.7 Å². The predicted molar refractivity (Wildman–Crippen MR) is 61.3 cm³/mol. The van der Waals surface area contributed by atoms with Crippen molar-refractivity contribution in [1.29, 1.82) is 0 Å². The van der Waals surface area contributed by atoms with Crippen molar-refractivity contribution in [2.45, 2.75) is 32.6 Å². The zero-order valence-corrected chi connectivity index (χ0v) is 9.77. The van der Waals surface area contributed by atoms with Crippen molar-refractivity contribution in [3.05, 3.63) is 16.1 Å². The SMILES string of the molecule is CCc1nsc2c1C(=O)CC(CCN)C2. The van der Waals surface area contributed by atoms with Gasteiger partial charge in [0.2, 0.25) is 0 Å². The van der Waals surface area contributed by atoms with Gasteiger partial charge in [0.15, 0.2) is 5.78 Å².